The molecule has 98 valence electrons. The Morgan fingerprint density at radius 3 is 2.33 bits per heavy atom. The van der Waals surface area contributed by atoms with E-state index in [4.69, 9.17) is 33.4 Å². The van der Waals surface area contributed by atoms with Gasteiger partial charge in [-0.2, -0.15) is 0 Å². The monoisotopic (exact) mass is 289 g/mol. The number of aliphatic hydroxyl groups is 2. The van der Waals surface area contributed by atoms with E-state index in [-0.39, 0.29) is 13.2 Å². The molecule has 0 saturated carbocycles. The van der Waals surface area contributed by atoms with Crippen molar-refractivity contribution in [2.75, 3.05) is 13.2 Å². The number of rotatable bonds is 5. The number of nitrogens with one attached hydrogen (secondary N) is 1. The molecule has 0 saturated heterocycles. The van der Waals surface area contributed by atoms with Crippen molar-refractivity contribution in [2.24, 2.45) is 0 Å². The van der Waals surface area contributed by atoms with Crippen LogP contribution < -0.4 is 5.32 Å². The first-order chi connectivity index (χ1) is 8.58. The first-order valence-corrected chi connectivity index (χ1v) is 5.98. The molecule has 0 radical (unpaired) electrons. The van der Waals surface area contributed by atoms with Crippen LogP contribution in [0.5, 0.6) is 0 Å². The molecule has 4 nitrogen and oxygen atoms in total. The van der Waals surface area contributed by atoms with Crippen molar-refractivity contribution < 1.29 is 15.0 Å². The lowest BCUT2D eigenvalue weighted by Crippen LogP contribution is -2.39. The number of amides is 1. The van der Waals surface area contributed by atoms with Crippen LogP contribution in [0.1, 0.15) is 5.56 Å². The van der Waals surface area contributed by atoms with Gasteiger partial charge in [0.2, 0.25) is 5.91 Å². The Kier molecular flexibility index (Phi) is 6.15. The minimum atomic E-state index is -0.677. The van der Waals surface area contributed by atoms with Crippen molar-refractivity contribution in [2.45, 2.75) is 6.04 Å². The van der Waals surface area contributed by atoms with Crippen LogP contribution >= 0.6 is 23.2 Å². The highest BCUT2D eigenvalue weighted by molar-refractivity contribution is 6.37. The van der Waals surface area contributed by atoms with Crippen molar-refractivity contribution in [1.29, 1.82) is 0 Å². The van der Waals surface area contributed by atoms with Crippen LogP contribution in [0, 0.1) is 0 Å². The van der Waals surface area contributed by atoms with Gasteiger partial charge in [0.25, 0.3) is 0 Å². The molecule has 6 heteroatoms. The third kappa shape index (κ3) is 4.31. The van der Waals surface area contributed by atoms with Gasteiger partial charge in [0.05, 0.1) is 19.3 Å². The molecule has 0 aromatic heterocycles. The zero-order chi connectivity index (χ0) is 13.5. The molecule has 0 aliphatic rings. The highest BCUT2D eigenvalue weighted by Gasteiger charge is 2.08. The minimum Gasteiger partial charge on any atom is -0.394 e. The SMILES string of the molecule is O=C(C=Cc1c(Cl)cccc1Cl)NC(CO)CO. The number of hydrogen-bond donors (Lipinski definition) is 3. The second-order valence-electron chi connectivity index (χ2n) is 3.54. The summed E-state index contributed by atoms with van der Waals surface area (Å²) in [7, 11) is 0. The molecule has 1 amide bonds. The average molecular weight is 290 g/mol. The van der Waals surface area contributed by atoms with Gasteiger partial charge in [0, 0.05) is 21.7 Å². The van der Waals surface area contributed by atoms with Gasteiger partial charge in [0.15, 0.2) is 0 Å². The Morgan fingerprint density at radius 1 is 1.28 bits per heavy atom. The summed E-state index contributed by atoms with van der Waals surface area (Å²) in [6, 6.07) is 4.35. The number of carbonyl (C=O) groups excluding carboxylic acids is 1. The van der Waals surface area contributed by atoms with Crippen molar-refractivity contribution in [3.8, 4) is 0 Å². The molecule has 1 aromatic rings. The fraction of sp³-hybridized carbons (Fsp3) is 0.250. The fourth-order valence-electron chi connectivity index (χ4n) is 1.23. The van der Waals surface area contributed by atoms with Gasteiger partial charge in [-0.15, -0.1) is 0 Å². The maximum absolute atomic E-state index is 11.5. The highest BCUT2D eigenvalue weighted by Crippen LogP contribution is 2.25. The maximum Gasteiger partial charge on any atom is 0.244 e. The first kappa shape index (κ1) is 15.0. The van der Waals surface area contributed by atoms with E-state index in [0.29, 0.717) is 15.6 Å². The van der Waals surface area contributed by atoms with E-state index in [9.17, 15) is 4.79 Å². The lowest BCUT2D eigenvalue weighted by Gasteiger charge is -2.11. The van der Waals surface area contributed by atoms with Gasteiger partial charge >= 0.3 is 0 Å². The third-order valence-corrected chi connectivity index (χ3v) is 2.85. The smallest absolute Gasteiger partial charge is 0.244 e. The van der Waals surface area contributed by atoms with E-state index in [2.05, 4.69) is 5.32 Å². The van der Waals surface area contributed by atoms with E-state index in [1.165, 1.54) is 12.2 Å². The molecule has 0 unspecified atom stereocenters. The van der Waals surface area contributed by atoms with Crippen molar-refractivity contribution in [1.82, 2.24) is 5.32 Å². The van der Waals surface area contributed by atoms with Gasteiger partial charge in [-0.25, -0.2) is 0 Å². The molecule has 18 heavy (non-hydrogen) atoms. The molecule has 0 spiro atoms. The number of hydrogen-bond acceptors (Lipinski definition) is 3. The molecule has 0 fully saturated rings. The number of halogens is 2. The fourth-order valence-corrected chi connectivity index (χ4v) is 1.75. The Balaban J connectivity index is 2.72. The Labute approximate surface area is 115 Å². The molecule has 0 bridgehead atoms. The second-order valence-corrected chi connectivity index (χ2v) is 4.35. The summed E-state index contributed by atoms with van der Waals surface area (Å²) in [6.45, 7) is -0.661. The molecular weight excluding hydrogens is 277 g/mol. The quantitative estimate of drug-likeness (QED) is 0.719. The van der Waals surface area contributed by atoms with Crippen LogP contribution in [-0.4, -0.2) is 35.4 Å². The summed E-state index contributed by atoms with van der Waals surface area (Å²) in [5.41, 5.74) is 0.542. The van der Waals surface area contributed by atoms with Crippen LogP contribution in [0.4, 0.5) is 0 Å². The number of benzene rings is 1. The lowest BCUT2D eigenvalue weighted by molar-refractivity contribution is -0.117. The van der Waals surface area contributed by atoms with Crippen LogP contribution in [0.2, 0.25) is 10.0 Å². The number of aliphatic hydroxyl groups excluding tert-OH is 2. The first-order valence-electron chi connectivity index (χ1n) is 5.22. The summed E-state index contributed by atoms with van der Waals surface area (Å²) < 4.78 is 0. The van der Waals surface area contributed by atoms with Crippen molar-refractivity contribution >= 4 is 35.2 Å². The molecule has 0 heterocycles. The average Bonchev–Trinajstić information content (AvgIpc) is 2.35. The third-order valence-electron chi connectivity index (χ3n) is 2.19. The summed E-state index contributed by atoms with van der Waals surface area (Å²) in [4.78, 5) is 11.5. The summed E-state index contributed by atoms with van der Waals surface area (Å²) in [5, 5.41) is 20.9. The van der Waals surface area contributed by atoms with Gasteiger partial charge in [0.1, 0.15) is 0 Å². The second kappa shape index (κ2) is 7.38. The molecule has 0 aliphatic heterocycles. The normalized spacial score (nSPS) is 11.2. The highest BCUT2D eigenvalue weighted by atomic mass is 35.5. The summed E-state index contributed by atoms with van der Waals surface area (Å²) in [6.07, 6.45) is 2.72. The van der Waals surface area contributed by atoms with Crippen LogP contribution in [-0.2, 0) is 4.79 Å². The van der Waals surface area contributed by atoms with Gasteiger partial charge in [-0.3, -0.25) is 4.79 Å². The lowest BCUT2D eigenvalue weighted by atomic mass is 10.2. The molecule has 1 rings (SSSR count). The Hall–Kier alpha value is -1.07. The molecule has 0 atom stereocenters. The van der Waals surface area contributed by atoms with Crippen molar-refractivity contribution in [3.63, 3.8) is 0 Å². The molecule has 0 aliphatic carbocycles. The minimum absolute atomic E-state index is 0.330. The molecular formula is C12H13Cl2NO3. The Morgan fingerprint density at radius 2 is 1.83 bits per heavy atom. The van der Waals surface area contributed by atoms with Crippen LogP contribution in [0.25, 0.3) is 6.08 Å². The van der Waals surface area contributed by atoms with E-state index in [0.717, 1.165) is 0 Å². The predicted molar refractivity (Wildman–Crippen MR) is 71.6 cm³/mol. The standard InChI is InChI=1S/C12H13Cl2NO3/c13-10-2-1-3-11(14)9(10)4-5-12(18)15-8(6-16)7-17/h1-5,8,16-17H,6-7H2,(H,15,18). The zero-order valence-corrected chi connectivity index (χ0v) is 10.9. The van der Waals surface area contributed by atoms with E-state index < -0.39 is 11.9 Å². The summed E-state index contributed by atoms with van der Waals surface area (Å²) >= 11 is 11.9. The van der Waals surface area contributed by atoms with Crippen molar-refractivity contribution in [3.05, 3.63) is 39.9 Å². The van der Waals surface area contributed by atoms with E-state index in [1.807, 2.05) is 0 Å². The molecule has 1 aromatic carbocycles. The Bertz CT molecular complexity index is 425. The topological polar surface area (TPSA) is 69.6 Å². The summed E-state index contributed by atoms with van der Waals surface area (Å²) in [5.74, 6) is -0.445. The van der Waals surface area contributed by atoms with E-state index >= 15 is 0 Å². The zero-order valence-electron chi connectivity index (χ0n) is 9.44. The predicted octanol–water partition coefficient (Wildman–Crippen LogP) is 1.48. The largest absolute Gasteiger partial charge is 0.394 e. The maximum atomic E-state index is 11.5. The van der Waals surface area contributed by atoms with Crippen LogP contribution in [0.3, 0.4) is 0 Å². The van der Waals surface area contributed by atoms with Gasteiger partial charge < -0.3 is 15.5 Å². The number of carbonyl (C=O) groups is 1. The molecule has 3 N–H and O–H groups in total. The van der Waals surface area contributed by atoms with E-state index in [1.54, 1.807) is 18.2 Å². The van der Waals surface area contributed by atoms with Crippen LogP contribution in [0.15, 0.2) is 24.3 Å². The van der Waals surface area contributed by atoms with Gasteiger partial charge in [-0.1, -0.05) is 29.3 Å². The van der Waals surface area contributed by atoms with Gasteiger partial charge in [-0.05, 0) is 18.2 Å².